The van der Waals surface area contributed by atoms with Crippen molar-refractivity contribution in [3.8, 4) is 0 Å². The van der Waals surface area contributed by atoms with E-state index in [2.05, 4.69) is 4.90 Å². The Morgan fingerprint density at radius 3 is 2.27 bits per heavy atom. The van der Waals surface area contributed by atoms with Crippen LogP contribution in [0.25, 0.3) is 0 Å². The number of carboxylic acid groups (broad SMARTS) is 1. The zero-order chi connectivity index (χ0) is 11.2. The van der Waals surface area contributed by atoms with Crippen LogP contribution in [0.4, 0.5) is 0 Å². The van der Waals surface area contributed by atoms with Crippen molar-refractivity contribution in [2.24, 2.45) is 11.3 Å². The fourth-order valence-electron chi connectivity index (χ4n) is 3.02. The van der Waals surface area contributed by atoms with Crippen LogP contribution in [0.15, 0.2) is 0 Å². The molecule has 0 aromatic rings. The number of hydrogen-bond donors (Lipinski definition) is 2. The van der Waals surface area contributed by atoms with E-state index in [1.54, 1.807) is 13.8 Å². The number of aliphatic carboxylic acids is 1. The first-order valence-electron chi connectivity index (χ1n) is 5.60. The van der Waals surface area contributed by atoms with Crippen molar-refractivity contribution in [3.63, 3.8) is 0 Å². The molecule has 3 aliphatic heterocycles. The van der Waals surface area contributed by atoms with Crippen LogP contribution >= 0.6 is 0 Å². The molecule has 2 N–H and O–H groups in total. The van der Waals surface area contributed by atoms with Crippen LogP contribution in [0.5, 0.6) is 0 Å². The molecule has 0 spiro atoms. The van der Waals surface area contributed by atoms with Gasteiger partial charge in [-0.05, 0) is 45.7 Å². The Balaban J connectivity index is 2.25. The van der Waals surface area contributed by atoms with Crippen LogP contribution in [0, 0.1) is 11.3 Å². The van der Waals surface area contributed by atoms with E-state index >= 15 is 0 Å². The molecule has 0 aromatic heterocycles. The molecule has 2 unspecified atom stereocenters. The monoisotopic (exact) mass is 213 g/mol. The quantitative estimate of drug-likeness (QED) is 0.703. The van der Waals surface area contributed by atoms with E-state index in [1.165, 1.54) is 0 Å². The van der Waals surface area contributed by atoms with Crippen molar-refractivity contribution in [3.05, 3.63) is 0 Å². The van der Waals surface area contributed by atoms with Gasteiger partial charge in [0.25, 0.3) is 0 Å². The minimum Gasteiger partial charge on any atom is -0.481 e. The number of aliphatic hydroxyl groups is 1. The summed E-state index contributed by atoms with van der Waals surface area (Å²) in [5.41, 5.74) is -0.863. The van der Waals surface area contributed by atoms with E-state index < -0.39 is 17.5 Å². The van der Waals surface area contributed by atoms with Gasteiger partial charge in [0.05, 0.1) is 17.6 Å². The SMILES string of the molecule is CC(C)(C(=O)O)C1C(O)C2CCN1CC2. The molecule has 0 radical (unpaired) electrons. The number of fused-ring (bicyclic) bond motifs is 3. The van der Waals surface area contributed by atoms with E-state index in [4.69, 9.17) is 0 Å². The van der Waals surface area contributed by atoms with Gasteiger partial charge in [-0.2, -0.15) is 0 Å². The van der Waals surface area contributed by atoms with Gasteiger partial charge in [-0.25, -0.2) is 0 Å². The molecule has 0 aromatic carbocycles. The van der Waals surface area contributed by atoms with Gasteiger partial charge in [0.15, 0.2) is 0 Å². The van der Waals surface area contributed by atoms with E-state index in [0.717, 1.165) is 25.9 Å². The Morgan fingerprint density at radius 1 is 1.33 bits per heavy atom. The maximum atomic E-state index is 11.2. The number of rotatable bonds is 2. The summed E-state index contributed by atoms with van der Waals surface area (Å²) in [6.45, 7) is 5.29. The number of hydrogen-bond acceptors (Lipinski definition) is 3. The molecule has 3 fully saturated rings. The lowest BCUT2D eigenvalue weighted by Crippen LogP contribution is -2.64. The third-order valence-corrected chi connectivity index (χ3v) is 4.06. The molecule has 4 nitrogen and oxygen atoms in total. The van der Waals surface area contributed by atoms with Gasteiger partial charge < -0.3 is 10.2 Å². The highest BCUT2D eigenvalue weighted by Gasteiger charge is 2.51. The summed E-state index contributed by atoms with van der Waals surface area (Å²) in [7, 11) is 0. The van der Waals surface area contributed by atoms with Crippen molar-refractivity contribution in [1.82, 2.24) is 4.90 Å². The first-order chi connectivity index (χ1) is 6.94. The highest BCUT2D eigenvalue weighted by Crippen LogP contribution is 2.40. The predicted octanol–water partition coefficient (Wildman–Crippen LogP) is 0.552. The highest BCUT2D eigenvalue weighted by molar-refractivity contribution is 5.74. The zero-order valence-electron chi connectivity index (χ0n) is 9.31. The topological polar surface area (TPSA) is 60.8 Å². The Morgan fingerprint density at radius 2 is 1.87 bits per heavy atom. The molecule has 3 rings (SSSR count). The Labute approximate surface area is 89.9 Å². The summed E-state index contributed by atoms with van der Waals surface area (Å²) in [5.74, 6) is -0.516. The molecule has 3 heterocycles. The van der Waals surface area contributed by atoms with Gasteiger partial charge in [-0.15, -0.1) is 0 Å². The van der Waals surface area contributed by atoms with Crippen LogP contribution < -0.4 is 0 Å². The molecule has 4 heteroatoms. The lowest BCUT2D eigenvalue weighted by molar-refractivity contribution is -0.165. The molecule has 0 saturated carbocycles. The fourth-order valence-corrected chi connectivity index (χ4v) is 3.02. The molecule has 2 atom stereocenters. The lowest BCUT2D eigenvalue weighted by Gasteiger charge is -2.53. The largest absolute Gasteiger partial charge is 0.481 e. The van der Waals surface area contributed by atoms with E-state index in [-0.39, 0.29) is 6.04 Å². The van der Waals surface area contributed by atoms with Crippen molar-refractivity contribution < 1.29 is 15.0 Å². The van der Waals surface area contributed by atoms with E-state index in [1.807, 2.05) is 0 Å². The van der Waals surface area contributed by atoms with Crippen molar-refractivity contribution in [2.45, 2.75) is 38.8 Å². The van der Waals surface area contributed by atoms with Gasteiger partial charge >= 0.3 is 5.97 Å². The minimum absolute atomic E-state index is 0.220. The third kappa shape index (κ3) is 1.56. The average Bonchev–Trinajstić information content (AvgIpc) is 2.18. The number of carbonyl (C=O) groups is 1. The number of aliphatic hydroxyl groups excluding tert-OH is 1. The lowest BCUT2D eigenvalue weighted by atomic mass is 9.70. The van der Waals surface area contributed by atoms with Crippen molar-refractivity contribution in [2.75, 3.05) is 13.1 Å². The molecular formula is C11H19NO3. The van der Waals surface area contributed by atoms with Crippen molar-refractivity contribution in [1.29, 1.82) is 0 Å². The summed E-state index contributed by atoms with van der Waals surface area (Å²) >= 11 is 0. The second kappa shape index (κ2) is 3.46. The van der Waals surface area contributed by atoms with E-state index in [0.29, 0.717) is 5.92 Å². The second-order valence-corrected chi connectivity index (χ2v) is 5.34. The maximum absolute atomic E-state index is 11.2. The van der Waals surface area contributed by atoms with Crippen LogP contribution in [-0.2, 0) is 4.79 Å². The maximum Gasteiger partial charge on any atom is 0.310 e. The molecule has 3 saturated heterocycles. The summed E-state index contributed by atoms with van der Waals surface area (Å²) in [4.78, 5) is 13.3. The molecular weight excluding hydrogens is 194 g/mol. The number of carboxylic acids is 1. The Kier molecular flexibility index (Phi) is 2.51. The number of piperidine rings is 3. The van der Waals surface area contributed by atoms with Crippen LogP contribution in [0.3, 0.4) is 0 Å². The Hall–Kier alpha value is -0.610. The summed E-state index contributed by atoms with van der Waals surface area (Å²) in [5, 5.41) is 19.3. The predicted molar refractivity (Wildman–Crippen MR) is 55.5 cm³/mol. The molecule has 0 amide bonds. The first kappa shape index (κ1) is 10.9. The van der Waals surface area contributed by atoms with Crippen LogP contribution in [0.1, 0.15) is 26.7 Å². The number of nitrogens with zero attached hydrogens (tertiary/aromatic N) is 1. The standard InChI is InChI=1S/C11H19NO3/c1-11(2,10(14)15)9-8(13)7-3-5-12(9)6-4-7/h7-9,13H,3-6H2,1-2H3,(H,14,15). The molecule has 3 aliphatic rings. The third-order valence-electron chi connectivity index (χ3n) is 4.06. The molecule has 0 aliphatic carbocycles. The molecule has 15 heavy (non-hydrogen) atoms. The summed E-state index contributed by atoms with van der Waals surface area (Å²) in [6.07, 6.45) is 1.54. The Bertz CT molecular complexity index is 267. The van der Waals surface area contributed by atoms with Gasteiger partial charge in [-0.3, -0.25) is 9.69 Å². The van der Waals surface area contributed by atoms with Gasteiger partial charge in [0.1, 0.15) is 0 Å². The smallest absolute Gasteiger partial charge is 0.310 e. The fraction of sp³-hybridized carbons (Fsp3) is 0.909. The second-order valence-electron chi connectivity index (χ2n) is 5.34. The van der Waals surface area contributed by atoms with Gasteiger partial charge in [0, 0.05) is 0 Å². The van der Waals surface area contributed by atoms with Crippen LogP contribution in [-0.4, -0.2) is 46.3 Å². The minimum atomic E-state index is -0.863. The molecule has 86 valence electrons. The van der Waals surface area contributed by atoms with Gasteiger partial charge in [-0.1, -0.05) is 0 Å². The van der Waals surface area contributed by atoms with Crippen LogP contribution in [0.2, 0.25) is 0 Å². The highest BCUT2D eigenvalue weighted by atomic mass is 16.4. The van der Waals surface area contributed by atoms with E-state index in [9.17, 15) is 15.0 Å². The normalized spacial score (nSPS) is 40.5. The molecule has 2 bridgehead atoms. The summed E-state index contributed by atoms with van der Waals surface area (Å²) in [6, 6.07) is -0.220. The average molecular weight is 213 g/mol. The summed E-state index contributed by atoms with van der Waals surface area (Å²) < 4.78 is 0. The van der Waals surface area contributed by atoms with Crippen molar-refractivity contribution >= 4 is 5.97 Å². The van der Waals surface area contributed by atoms with Gasteiger partial charge in [0.2, 0.25) is 0 Å². The zero-order valence-corrected chi connectivity index (χ0v) is 9.31. The first-order valence-corrected chi connectivity index (χ1v) is 5.60.